The van der Waals surface area contributed by atoms with Gasteiger partial charge in [-0.15, -0.1) is 0 Å². The van der Waals surface area contributed by atoms with Crippen molar-refractivity contribution in [3.05, 3.63) is 34.4 Å². The van der Waals surface area contributed by atoms with Crippen molar-refractivity contribution in [3.8, 4) is 0 Å². The van der Waals surface area contributed by atoms with Gasteiger partial charge in [-0.1, -0.05) is 12.1 Å². The number of piperazine rings is 1. The second-order valence-corrected chi connectivity index (χ2v) is 5.28. The molecule has 0 bridgehead atoms. The lowest BCUT2D eigenvalue weighted by molar-refractivity contribution is -0.384. The van der Waals surface area contributed by atoms with Gasteiger partial charge >= 0.3 is 0 Å². The standard InChI is InChI=1S/C15H22N4O4/c1-23-11-6-16-12-15(20)18-9-7-17(8-10-18)13-4-2-3-5-14(13)19(21)22/h2-5,16H,6-12H2,1H3. The average molecular weight is 322 g/mol. The maximum atomic E-state index is 12.1. The Hall–Kier alpha value is -2.19. The van der Waals surface area contributed by atoms with Gasteiger partial charge in [0.15, 0.2) is 0 Å². The molecule has 126 valence electrons. The zero-order chi connectivity index (χ0) is 16.7. The van der Waals surface area contributed by atoms with Gasteiger partial charge < -0.3 is 19.9 Å². The number of nitro benzene ring substituents is 1. The third kappa shape index (κ3) is 4.64. The summed E-state index contributed by atoms with van der Waals surface area (Å²) in [5, 5.41) is 14.1. The molecule has 0 unspecified atom stereocenters. The highest BCUT2D eigenvalue weighted by atomic mass is 16.6. The van der Waals surface area contributed by atoms with Crippen molar-refractivity contribution < 1.29 is 14.5 Å². The van der Waals surface area contributed by atoms with Gasteiger partial charge in [0.05, 0.1) is 18.1 Å². The van der Waals surface area contributed by atoms with E-state index in [1.54, 1.807) is 30.2 Å². The number of nitro groups is 1. The number of rotatable bonds is 7. The number of hydrogen-bond donors (Lipinski definition) is 1. The quantitative estimate of drug-likeness (QED) is 0.446. The Morgan fingerprint density at radius 2 is 2.00 bits per heavy atom. The molecule has 1 aromatic carbocycles. The number of amides is 1. The van der Waals surface area contributed by atoms with Crippen molar-refractivity contribution >= 4 is 17.3 Å². The molecule has 1 aromatic rings. The number of benzene rings is 1. The van der Waals surface area contributed by atoms with E-state index in [9.17, 15) is 14.9 Å². The Bertz CT molecular complexity index is 544. The minimum absolute atomic E-state index is 0.0447. The van der Waals surface area contributed by atoms with Gasteiger partial charge in [0, 0.05) is 45.9 Å². The Morgan fingerprint density at radius 3 is 2.65 bits per heavy atom. The third-order valence-corrected chi connectivity index (χ3v) is 3.81. The van der Waals surface area contributed by atoms with Gasteiger partial charge in [0.25, 0.3) is 5.69 Å². The second-order valence-electron chi connectivity index (χ2n) is 5.28. The van der Waals surface area contributed by atoms with E-state index in [4.69, 9.17) is 4.74 Å². The summed E-state index contributed by atoms with van der Waals surface area (Å²) in [4.78, 5) is 26.6. The lowest BCUT2D eigenvalue weighted by Gasteiger charge is -2.35. The molecule has 0 aliphatic carbocycles. The summed E-state index contributed by atoms with van der Waals surface area (Å²) >= 11 is 0. The first-order valence-corrected chi connectivity index (χ1v) is 7.59. The summed E-state index contributed by atoms with van der Waals surface area (Å²) in [5.41, 5.74) is 0.719. The zero-order valence-corrected chi connectivity index (χ0v) is 13.2. The molecule has 2 rings (SSSR count). The summed E-state index contributed by atoms with van der Waals surface area (Å²) in [6, 6.07) is 6.71. The maximum Gasteiger partial charge on any atom is 0.292 e. The van der Waals surface area contributed by atoms with E-state index < -0.39 is 0 Å². The van der Waals surface area contributed by atoms with Gasteiger partial charge in [-0.2, -0.15) is 0 Å². The number of nitrogens with one attached hydrogen (secondary N) is 1. The minimum Gasteiger partial charge on any atom is -0.383 e. The van der Waals surface area contributed by atoms with Gasteiger partial charge in [-0.3, -0.25) is 14.9 Å². The lowest BCUT2D eigenvalue weighted by atomic mass is 10.2. The van der Waals surface area contributed by atoms with Crippen molar-refractivity contribution in [1.29, 1.82) is 0 Å². The molecule has 0 aromatic heterocycles. The normalized spacial score (nSPS) is 14.8. The molecule has 0 saturated carbocycles. The minimum atomic E-state index is -0.368. The van der Waals surface area contributed by atoms with Crippen LogP contribution in [0, 0.1) is 10.1 Å². The van der Waals surface area contributed by atoms with Crippen LogP contribution in [0.15, 0.2) is 24.3 Å². The fourth-order valence-corrected chi connectivity index (χ4v) is 2.56. The van der Waals surface area contributed by atoms with E-state index in [0.29, 0.717) is 45.0 Å². The number of ether oxygens (including phenoxy) is 1. The van der Waals surface area contributed by atoms with Crippen LogP contribution in [0.3, 0.4) is 0 Å². The molecule has 1 saturated heterocycles. The lowest BCUT2D eigenvalue weighted by Crippen LogP contribution is -2.51. The molecular formula is C15H22N4O4. The Morgan fingerprint density at radius 1 is 1.30 bits per heavy atom. The predicted octanol–water partition coefficient (Wildman–Crippen LogP) is 0.479. The number of para-hydroxylation sites is 2. The molecule has 0 radical (unpaired) electrons. The van der Waals surface area contributed by atoms with Crippen LogP contribution in [0.1, 0.15) is 0 Å². The molecule has 1 N–H and O–H groups in total. The van der Waals surface area contributed by atoms with Crippen LogP contribution in [0.25, 0.3) is 0 Å². The molecule has 23 heavy (non-hydrogen) atoms. The summed E-state index contributed by atoms with van der Waals surface area (Å²) in [7, 11) is 1.62. The highest BCUT2D eigenvalue weighted by Gasteiger charge is 2.25. The van der Waals surface area contributed by atoms with E-state index in [1.807, 2.05) is 4.90 Å². The van der Waals surface area contributed by atoms with Crippen LogP contribution in [-0.4, -0.2) is 68.7 Å². The van der Waals surface area contributed by atoms with E-state index in [2.05, 4.69) is 5.32 Å². The van der Waals surface area contributed by atoms with Crippen molar-refractivity contribution in [2.75, 3.05) is 57.9 Å². The fourth-order valence-electron chi connectivity index (χ4n) is 2.56. The summed E-state index contributed by atoms with van der Waals surface area (Å²) < 4.78 is 4.91. The molecule has 1 amide bonds. The molecule has 1 aliphatic heterocycles. The van der Waals surface area contributed by atoms with E-state index >= 15 is 0 Å². The molecular weight excluding hydrogens is 300 g/mol. The molecule has 0 atom stereocenters. The van der Waals surface area contributed by atoms with Gasteiger partial charge in [0.2, 0.25) is 5.91 Å². The number of hydrogen-bond acceptors (Lipinski definition) is 6. The zero-order valence-electron chi connectivity index (χ0n) is 13.2. The first kappa shape index (κ1) is 17.2. The van der Waals surface area contributed by atoms with Crippen LogP contribution in [0.2, 0.25) is 0 Å². The largest absolute Gasteiger partial charge is 0.383 e. The Labute approximate surface area is 135 Å². The van der Waals surface area contributed by atoms with Crippen molar-refractivity contribution in [3.63, 3.8) is 0 Å². The highest BCUT2D eigenvalue weighted by molar-refractivity contribution is 5.78. The molecule has 0 spiro atoms. The van der Waals surface area contributed by atoms with Crippen molar-refractivity contribution in [1.82, 2.24) is 10.2 Å². The monoisotopic (exact) mass is 322 g/mol. The summed E-state index contributed by atoms with van der Waals surface area (Å²) in [6.45, 7) is 3.81. The fraction of sp³-hybridized carbons (Fsp3) is 0.533. The van der Waals surface area contributed by atoms with Gasteiger partial charge in [-0.25, -0.2) is 0 Å². The molecule has 1 fully saturated rings. The number of methoxy groups -OCH3 is 1. The smallest absolute Gasteiger partial charge is 0.292 e. The van der Waals surface area contributed by atoms with Gasteiger partial charge in [0.1, 0.15) is 5.69 Å². The van der Waals surface area contributed by atoms with Crippen LogP contribution in [-0.2, 0) is 9.53 Å². The Kier molecular flexibility index (Phi) is 6.30. The topological polar surface area (TPSA) is 88.0 Å². The number of nitrogens with zero attached hydrogens (tertiary/aromatic N) is 3. The van der Waals surface area contributed by atoms with E-state index in [-0.39, 0.29) is 23.1 Å². The van der Waals surface area contributed by atoms with Gasteiger partial charge in [-0.05, 0) is 6.07 Å². The Balaban J connectivity index is 1.87. The molecule has 8 nitrogen and oxygen atoms in total. The van der Waals surface area contributed by atoms with Crippen LogP contribution < -0.4 is 10.2 Å². The maximum absolute atomic E-state index is 12.1. The van der Waals surface area contributed by atoms with E-state index in [0.717, 1.165) is 0 Å². The number of carbonyl (C=O) groups is 1. The third-order valence-electron chi connectivity index (χ3n) is 3.81. The first-order chi connectivity index (χ1) is 11.1. The average Bonchev–Trinajstić information content (AvgIpc) is 2.58. The molecule has 8 heteroatoms. The van der Waals surface area contributed by atoms with Crippen molar-refractivity contribution in [2.45, 2.75) is 0 Å². The number of anilines is 1. The molecule has 1 aliphatic rings. The second kappa shape index (κ2) is 8.44. The predicted molar refractivity (Wildman–Crippen MR) is 86.6 cm³/mol. The highest BCUT2D eigenvalue weighted by Crippen LogP contribution is 2.28. The number of carbonyl (C=O) groups excluding carboxylic acids is 1. The van der Waals surface area contributed by atoms with Crippen LogP contribution in [0.4, 0.5) is 11.4 Å². The first-order valence-electron chi connectivity index (χ1n) is 7.59. The van der Waals surface area contributed by atoms with Crippen LogP contribution in [0.5, 0.6) is 0 Å². The summed E-state index contributed by atoms with van der Waals surface area (Å²) in [5.74, 6) is 0.0447. The van der Waals surface area contributed by atoms with E-state index in [1.165, 1.54) is 6.07 Å². The van der Waals surface area contributed by atoms with Crippen LogP contribution >= 0.6 is 0 Å². The summed E-state index contributed by atoms with van der Waals surface area (Å²) in [6.07, 6.45) is 0. The SMILES string of the molecule is COCCNCC(=O)N1CCN(c2ccccc2[N+](=O)[O-])CC1. The van der Waals surface area contributed by atoms with Crippen molar-refractivity contribution in [2.24, 2.45) is 0 Å². The molecule has 1 heterocycles.